The second-order valence-electron chi connectivity index (χ2n) is 5.16. The Labute approximate surface area is 152 Å². The van der Waals surface area contributed by atoms with E-state index in [0.717, 1.165) is 9.86 Å². The van der Waals surface area contributed by atoms with E-state index in [1.54, 1.807) is 32.2 Å². The topological polar surface area (TPSA) is 51.2 Å². The molecule has 1 radical (unpaired) electrons. The molecule has 3 rings (SSSR count). The van der Waals surface area contributed by atoms with E-state index in [2.05, 4.69) is 32.3 Å². The molecule has 1 N–H and O–H groups in total. The lowest BCUT2D eigenvalue weighted by molar-refractivity contribution is 0.102. The van der Waals surface area contributed by atoms with Gasteiger partial charge >= 0.3 is 0 Å². The summed E-state index contributed by atoms with van der Waals surface area (Å²) in [6, 6.07) is 13.7. The van der Waals surface area contributed by atoms with Crippen molar-refractivity contribution >= 4 is 50.0 Å². The Morgan fingerprint density at radius 2 is 2.12 bits per heavy atom. The van der Waals surface area contributed by atoms with Crippen LogP contribution in [0.1, 0.15) is 15.9 Å². The van der Waals surface area contributed by atoms with Crippen LogP contribution in [-0.2, 0) is 0 Å². The Balaban J connectivity index is 2.05. The number of ether oxygens (including phenoxy) is 1. The third-order valence-electron chi connectivity index (χ3n) is 3.63. The lowest BCUT2D eigenvalue weighted by Crippen LogP contribution is -2.15. The molecule has 0 aliphatic carbocycles. The van der Waals surface area contributed by atoms with Gasteiger partial charge in [-0.25, -0.2) is 4.98 Å². The number of hydrogen-bond acceptors (Lipinski definition) is 3. The third-order valence-corrected chi connectivity index (χ3v) is 4.49. The summed E-state index contributed by atoms with van der Waals surface area (Å²) in [5.41, 5.74) is 2.35. The number of amides is 1. The van der Waals surface area contributed by atoms with Gasteiger partial charge in [0.2, 0.25) is 0 Å². The SMILES string of the molecule is COc1c[c]c(NC(=O)c2c(C)c(Cl)nc3ccc(Br)cc23)cc1. The number of methoxy groups -OCH3 is 1. The number of rotatable bonds is 3. The van der Waals surface area contributed by atoms with Crippen LogP contribution in [0, 0.1) is 13.0 Å². The molecule has 0 aliphatic rings. The molecule has 4 nitrogen and oxygen atoms in total. The maximum Gasteiger partial charge on any atom is 0.256 e. The van der Waals surface area contributed by atoms with Crippen molar-refractivity contribution in [3.63, 3.8) is 0 Å². The van der Waals surface area contributed by atoms with Crippen molar-refractivity contribution in [3.8, 4) is 5.75 Å². The van der Waals surface area contributed by atoms with Crippen LogP contribution in [0.3, 0.4) is 0 Å². The number of carbonyl (C=O) groups excluding carboxylic acids is 1. The van der Waals surface area contributed by atoms with Crippen molar-refractivity contribution in [2.45, 2.75) is 6.92 Å². The highest BCUT2D eigenvalue weighted by Crippen LogP contribution is 2.29. The molecule has 121 valence electrons. The molecule has 2 aromatic carbocycles. The van der Waals surface area contributed by atoms with Gasteiger partial charge in [-0.3, -0.25) is 4.79 Å². The molecular weight excluding hydrogens is 392 g/mol. The van der Waals surface area contributed by atoms with Gasteiger partial charge in [-0.1, -0.05) is 27.5 Å². The predicted molar refractivity (Wildman–Crippen MR) is 99.0 cm³/mol. The summed E-state index contributed by atoms with van der Waals surface area (Å²) in [5, 5.41) is 3.88. The van der Waals surface area contributed by atoms with Gasteiger partial charge in [-0.15, -0.1) is 0 Å². The zero-order valence-electron chi connectivity index (χ0n) is 13.0. The average Bonchev–Trinajstić information content (AvgIpc) is 2.57. The summed E-state index contributed by atoms with van der Waals surface area (Å²) < 4.78 is 5.95. The van der Waals surface area contributed by atoms with Crippen LogP contribution in [0.25, 0.3) is 10.9 Å². The van der Waals surface area contributed by atoms with E-state index in [4.69, 9.17) is 16.3 Å². The summed E-state index contributed by atoms with van der Waals surface area (Å²) >= 11 is 9.62. The highest BCUT2D eigenvalue weighted by atomic mass is 79.9. The minimum absolute atomic E-state index is 0.263. The first-order valence-corrected chi connectivity index (χ1v) is 8.29. The summed E-state index contributed by atoms with van der Waals surface area (Å²) in [4.78, 5) is 17.1. The smallest absolute Gasteiger partial charge is 0.256 e. The van der Waals surface area contributed by atoms with Gasteiger partial charge in [0, 0.05) is 21.6 Å². The van der Waals surface area contributed by atoms with E-state index in [0.29, 0.717) is 33.2 Å². The summed E-state index contributed by atoms with van der Waals surface area (Å²) in [7, 11) is 1.58. The molecule has 3 aromatic rings. The van der Waals surface area contributed by atoms with Crippen molar-refractivity contribution < 1.29 is 9.53 Å². The van der Waals surface area contributed by atoms with Crippen LogP contribution in [0.4, 0.5) is 5.69 Å². The minimum atomic E-state index is -0.263. The summed E-state index contributed by atoms with van der Waals surface area (Å²) in [6.45, 7) is 1.78. The minimum Gasteiger partial charge on any atom is -0.497 e. The fourth-order valence-electron chi connectivity index (χ4n) is 2.39. The zero-order valence-corrected chi connectivity index (χ0v) is 15.3. The molecule has 0 atom stereocenters. The van der Waals surface area contributed by atoms with Gasteiger partial charge in [0.15, 0.2) is 0 Å². The van der Waals surface area contributed by atoms with Gasteiger partial charge in [0.25, 0.3) is 5.91 Å². The van der Waals surface area contributed by atoms with E-state index < -0.39 is 0 Å². The number of carbonyl (C=O) groups is 1. The fourth-order valence-corrected chi connectivity index (χ4v) is 2.94. The van der Waals surface area contributed by atoms with E-state index in [9.17, 15) is 4.79 Å². The lowest BCUT2D eigenvalue weighted by Gasteiger charge is -2.12. The number of aromatic nitrogens is 1. The number of anilines is 1. The molecule has 1 heterocycles. The molecule has 0 bridgehead atoms. The molecule has 6 heteroatoms. The van der Waals surface area contributed by atoms with Gasteiger partial charge < -0.3 is 10.1 Å². The van der Waals surface area contributed by atoms with E-state index in [1.165, 1.54) is 0 Å². The monoisotopic (exact) mass is 403 g/mol. The molecule has 0 saturated carbocycles. The van der Waals surface area contributed by atoms with Gasteiger partial charge in [0.1, 0.15) is 10.9 Å². The van der Waals surface area contributed by atoms with Gasteiger partial charge in [-0.2, -0.15) is 0 Å². The van der Waals surface area contributed by atoms with Gasteiger partial charge in [0.05, 0.1) is 18.2 Å². The predicted octanol–water partition coefficient (Wildman–Crippen LogP) is 5.02. The largest absolute Gasteiger partial charge is 0.497 e. The first-order valence-electron chi connectivity index (χ1n) is 7.12. The van der Waals surface area contributed by atoms with Crippen molar-refractivity contribution in [3.05, 3.63) is 63.2 Å². The van der Waals surface area contributed by atoms with Crippen molar-refractivity contribution in [2.24, 2.45) is 0 Å². The maximum absolute atomic E-state index is 12.8. The second-order valence-corrected chi connectivity index (χ2v) is 6.43. The van der Waals surface area contributed by atoms with Crippen molar-refractivity contribution in [2.75, 3.05) is 12.4 Å². The number of pyridine rings is 1. The molecule has 1 amide bonds. The lowest BCUT2D eigenvalue weighted by atomic mass is 10.0. The quantitative estimate of drug-likeness (QED) is 0.624. The van der Waals surface area contributed by atoms with Crippen LogP contribution in [0.15, 0.2) is 40.9 Å². The summed E-state index contributed by atoms with van der Waals surface area (Å²) in [6.07, 6.45) is 0. The molecule has 1 aromatic heterocycles. The Kier molecular flexibility index (Phi) is 4.73. The van der Waals surface area contributed by atoms with Crippen molar-refractivity contribution in [1.29, 1.82) is 0 Å². The van der Waals surface area contributed by atoms with Crippen LogP contribution in [-0.4, -0.2) is 18.0 Å². The normalized spacial score (nSPS) is 10.7. The van der Waals surface area contributed by atoms with Crippen LogP contribution < -0.4 is 10.1 Å². The molecule has 0 unspecified atom stereocenters. The van der Waals surface area contributed by atoms with E-state index >= 15 is 0 Å². The van der Waals surface area contributed by atoms with Crippen LogP contribution in [0.5, 0.6) is 5.75 Å². The number of halogens is 2. The maximum atomic E-state index is 12.8. The Hall–Kier alpha value is -2.11. The van der Waals surface area contributed by atoms with E-state index in [1.807, 2.05) is 18.2 Å². The molecule has 0 saturated heterocycles. The number of hydrogen-bond donors (Lipinski definition) is 1. The van der Waals surface area contributed by atoms with Crippen molar-refractivity contribution in [1.82, 2.24) is 4.98 Å². The number of fused-ring (bicyclic) bond motifs is 1. The Morgan fingerprint density at radius 3 is 2.79 bits per heavy atom. The van der Waals surface area contributed by atoms with Crippen LogP contribution in [0.2, 0.25) is 5.15 Å². The number of benzene rings is 2. The Morgan fingerprint density at radius 1 is 1.33 bits per heavy atom. The first kappa shape index (κ1) is 16.7. The molecule has 0 spiro atoms. The van der Waals surface area contributed by atoms with Crippen LogP contribution >= 0.6 is 27.5 Å². The standard InChI is InChI=1S/C18H13BrClN2O2/c1-10-16(14-9-11(19)3-8-15(14)22-17(10)20)18(23)21-12-4-6-13(24-2)7-5-12/h3-4,6-9H,1-2H3,(H,21,23). The first-order chi connectivity index (χ1) is 11.5. The number of nitrogens with one attached hydrogen (secondary N) is 1. The molecule has 24 heavy (non-hydrogen) atoms. The Bertz CT molecular complexity index is 926. The summed E-state index contributed by atoms with van der Waals surface area (Å²) in [5.74, 6) is 0.409. The molecule has 0 aliphatic heterocycles. The zero-order chi connectivity index (χ0) is 17.3. The van der Waals surface area contributed by atoms with Gasteiger partial charge in [-0.05, 0) is 48.9 Å². The third kappa shape index (κ3) is 3.23. The second kappa shape index (κ2) is 6.79. The highest BCUT2D eigenvalue weighted by Gasteiger charge is 2.18. The molecule has 0 fully saturated rings. The van der Waals surface area contributed by atoms with E-state index in [-0.39, 0.29) is 5.91 Å². The highest BCUT2D eigenvalue weighted by molar-refractivity contribution is 9.10. The fraction of sp³-hybridized carbons (Fsp3) is 0.111. The molecular formula is C18H13BrClN2O2. The number of nitrogens with zero attached hydrogens (tertiary/aromatic N) is 1. The average molecular weight is 405 g/mol.